The number of ether oxygens (including phenoxy) is 2. The Hall–Kier alpha value is -2.63. The van der Waals surface area contributed by atoms with E-state index in [1.807, 2.05) is 31.2 Å². The van der Waals surface area contributed by atoms with Crippen molar-refractivity contribution in [3.05, 3.63) is 46.8 Å². The Morgan fingerprint density at radius 1 is 1.17 bits per heavy atom. The topological polar surface area (TPSA) is 70.4 Å². The minimum absolute atomic E-state index is 0.336. The highest BCUT2D eigenvalue weighted by Gasteiger charge is 2.21. The van der Waals surface area contributed by atoms with E-state index in [1.165, 1.54) is 17.9 Å². The monoisotopic (exact) mass is 316 g/mol. The van der Waals surface area contributed by atoms with Crippen molar-refractivity contribution < 1.29 is 14.3 Å². The lowest BCUT2D eigenvalue weighted by molar-refractivity contribution is -0.145. The van der Waals surface area contributed by atoms with Crippen LogP contribution in [0.25, 0.3) is 11.3 Å². The molecule has 0 saturated carbocycles. The summed E-state index contributed by atoms with van der Waals surface area (Å²) in [5.74, 6) is 0.288. The van der Waals surface area contributed by atoms with E-state index in [0.717, 1.165) is 11.3 Å². The lowest BCUT2D eigenvalue weighted by Crippen LogP contribution is -2.32. The number of nitrogens with zero attached hydrogens (tertiary/aromatic N) is 2. The summed E-state index contributed by atoms with van der Waals surface area (Å²) in [7, 11) is 1.30. The average molecular weight is 316 g/mol. The zero-order valence-corrected chi connectivity index (χ0v) is 13.5. The third-order valence-electron chi connectivity index (χ3n) is 3.44. The molecule has 0 spiro atoms. The zero-order chi connectivity index (χ0) is 16.8. The first-order valence-corrected chi connectivity index (χ1v) is 7.51. The van der Waals surface area contributed by atoms with Crippen LogP contribution in [0, 0.1) is 0 Å². The molecule has 6 heteroatoms. The first-order chi connectivity index (χ1) is 11.1. The van der Waals surface area contributed by atoms with Gasteiger partial charge < -0.3 is 9.47 Å². The van der Waals surface area contributed by atoms with Gasteiger partial charge in [-0.25, -0.2) is 9.48 Å². The van der Waals surface area contributed by atoms with Gasteiger partial charge in [-0.3, -0.25) is 4.79 Å². The molecule has 0 bridgehead atoms. The van der Waals surface area contributed by atoms with Crippen LogP contribution < -0.4 is 10.3 Å². The van der Waals surface area contributed by atoms with Crippen molar-refractivity contribution in [2.45, 2.75) is 26.3 Å². The molecule has 0 aliphatic carbocycles. The summed E-state index contributed by atoms with van der Waals surface area (Å²) in [5.41, 5.74) is 1.11. The van der Waals surface area contributed by atoms with Gasteiger partial charge in [0.1, 0.15) is 5.75 Å². The number of benzene rings is 1. The molecule has 1 aromatic heterocycles. The maximum absolute atomic E-state index is 12.0. The molecule has 23 heavy (non-hydrogen) atoms. The lowest BCUT2D eigenvalue weighted by Gasteiger charge is -2.15. The summed E-state index contributed by atoms with van der Waals surface area (Å²) in [5, 5.41) is 4.32. The van der Waals surface area contributed by atoms with Crippen LogP contribution in [0.5, 0.6) is 5.75 Å². The van der Waals surface area contributed by atoms with Crippen molar-refractivity contribution in [2.24, 2.45) is 0 Å². The van der Waals surface area contributed by atoms with Crippen LogP contribution >= 0.6 is 0 Å². The molecule has 0 radical (unpaired) electrons. The molecule has 0 fully saturated rings. The fourth-order valence-electron chi connectivity index (χ4n) is 2.27. The van der Waals surface area contributed by atoms with Gasteiger partial charge in [-0.15, -0.1) is 0 Å². The molecule has 2 rings (SSSR count). The highest BCUT2D eigenvalue weighted by molar-refractivity contribution is 5.74. The van der Waals surface area contributed by atoms with Crippen LogP contribution in [-0.2, 0) is 9.53 Å². The summed E-state index contributed by atoms with van der Waals surface area (Å²) in [6.45, 7) is 4.32. The van der Waals surface area contributed by atoms with Gasteiger partial charge in [0, 0.05) is 11.6 Å². The van der Waals surface area contributed by atoms with E-state index < -0.39 is 12.0 Å². The molecule has 122 valence electrons. The number of rotatable bonds is 6. The van der Waals surface area contributed by atoms with Gasteiger partial charge in [-0.2, -0.15) is 5.10 Å². The summed E-state index contributed by atoms with van der Waals surface area (Å²) < 4.78 is 11.3. The van der Waals surface area contributed by atoms with E-state index in [9.17, 15) is 9.59 Å². The van der Waals surface area contributed by atoms with Gasteiger partial charge in [-0.1, -0.05) is 6.92 Å². The van der Waals surface area contributed by atoms with Crippen molar-refractivity contribution >= 4 is 5.97 Å². The number of aromatic nitrogens is 2. The molecule has 0 aliphatic rings. The largest absolute Gasteiger partial charge is 0.494 e. The number of hydrogen-bond donors (Lipinski definition) is 0. The summed E-state index contributed by atoms with van der Waals surface area (Å²) in [4.78, 5) is 23.9. The quantitative estimate of drug-likeness (QED) is 0.766. The second-order valence-electron chi connectivity index (χ2n) is 4.91. The van der Waals surface area contributed by atoms with E-state index in [-0.39, 0.29) is 5.56 Å². The fraction of sp³-hybridized carbons (Fsp3) is 0.353. The smallest absolute Gasteiger partial charge is 0.330 e. The Balaban J connectivity index is 2.39. The third-order valence-corrected chi connectivity index (χ3v) is 3.44. The van der Waals surface area contributed by atoms with Crippen molar-refractivity contribution in [2.75, 3.05) is 13.7 Å². The Morgan fingerprint density at radius 2 is 1.87 bits per heavy atom. The molecule has 0 amide bonds. The second kappa shape index (κ2) is 7.58. The van der Waals surface area contributed by atoms with Gasteiger partial charge >= 0.3 is 5.97 Å². The Labute approximate surface area is 134 Å². The predicted octanol–water partition coefficient (Wildman–Crippen LogP) is 2.43. The molecular formula is C17H20N2O4. The van der Waals surface area contributed by atoms with Gasteiger partial charge in [-0.05, 0) is 43.7 Å². The molecule has 1 atom stereocenters. The summed E-state index contributed by atoms with van der Waals surface area (Å²) in [6.07, 6.45) is 0.423. The Morgan fingerprint density at radius 3 is 2.43 bits per heavy atom. The Bertz CT molecular complexity index is 722. The highest BCUT2D eigenvalue weighted by Crippen LogP contribution is 2.21. The van der Waals surface area contributed by atoms with E-state index in [4.69, 9.17) is 9.47 Å². The highest BCUT2D eigenvalue weighted by atomic mass is 16.5. The lowest BCUT2D eigenvalue weighted by atomic mass is 10.1. The normalized spacial score (nSPS) is 11.8. The predicted molar refractivity (Wildman–Crippen MR) is 86.4 cm³/mol. The number of carbonyl (C=O) groups excluding carboxylic acids is 1. The van der Waals surface area contributed by atoms with E-state index in [2.05, 4.69) is 5.10 Å². The number of esters is 1. The van der Waals surface area contributed by atoms with Crippen LogP contribution in [0.4, 0.5) is 0 Å². The molecule has 0 unspecified atom stereocenters. The van der Waals surface area contributed by atoms with Gasteiger partial charge in [0.05, 0.1) is 19.4 Å². The first-order valence-electron chi connectivity index (χ1n) is 7.51. The SMILES string of the molecule is CCOc1ccc(-c2ccc(=O)n([C@H](CC)C(=O)OC)n2)cc1. The molecule has 0 N–H and O–H groups in total. The van der Waals surface area contributed by atoms with Crippen LogP contribution in [0.3, 0.4) is 0 Å². The number of carbonyl (C=O) groups is 1. The van der Waals surface area contributed by atoms with Crippen molar-refractivity contribution in [3.63, 3.8) is 0 Å². The van der Waals surface area contributed by atoms with E-state index >= 15 is 0 Å². The maximum Gasteiger partial charge on any atom is 0.330 e. The van der Waals surface area contributed by atoms with E-state index in [1.54, 1.807) is 13.0 Å². The molecule has 2 aromatic rings. The fourth-order valence-corrected chi connectivity index (χ4v) is 2.27. The summed E-state index contributed by atoms with van der Waals surface area (Å²) in [6, 6.07) is 9.72. The molecule has 1 aromatic carbocycles. The van der Waals surface area contributed by atoms with Crippen LogP contribution in [0.2, 0.25) is 0 Å². The maximum atomic E-state index is 12.0. The standard InChI is InChI=1S/C17H20N2O4/c1-4-15(17(21)22-3)19-16(20)11-10-14(18-19)12-6-8-13(9-7-12)23-5-2/h6-11,15H,4-5H2,1-3H3/t15-/m1/s1. The van der Waals surface area contributed by atoms with Crippen molar-refractivity contribution in [1.29, 1.82) is 0 Å². The molecule has 1 heterocycles. The molecule has 0 aliphatic heterocycles. The van der Waals surface area contributed by atoms with E-state index in [0.29, 0.717) is 18.7 Å². The molecular weight excluding hydrogens is 296 g/mol. The van der Waals surface area contributed by atoms with Crippen LogP contribution in [0.15, 0.2) is 41.2 Å². The number of hydrogen-bond acceptors (Lipinski definition) is 5. The Kier molecular flexibility index (Phi) is 5.51. The minimum atomic E-state index is -0.727. The van der Waals surface area contributed by atoms with Crippen LogP contribution in [0.1, 0.15) is 26.3 Å². The van der Waals surface area contributed by atoms with Gasteiger partial charge in [0.15, 0.2) is 6.04 Å². The van der Waals surface area contributed by atoms with Crippen molar-refractivity contribution in [1.82, 2.24) is 9.78 Å². The molecule has 6 nitrogen and oxygen atoms in total. The zero-order valence-electron chi connectivity index (χ0n) is 13.5. The van der Waals surface area contributed by atoms with Crippen LogP contribution in [-0.4, -0.2) is 29.5 Å². The first kappa shape index (κ1) is 16.7. The summed E-state index contributed by atoms with van der Waals surface area (Å²) >= 11 is 0. The number of methoxy groups -OCH3 is 1. The van der Waals surface area contributed by atoms with Crippen molar-refractivity contribution in [3.8, 4) is 17.0 Å². The van der Waals surface area contributed by atoms with Gasteiger partial charge in [0.2, 0.25) is 0 Å². The van der Waals surface area contributed by atoms with Gasteiger partial charge in [0.25, 0.3) is 5.56 Å². The third kappa shape index (κ3) is 3.77. The minimum Gasteiger partial charge on any atom is -0.494 e. The second-order valence-corrected chi connectivity index (χ2v) is 4.91. The average Bonchev–Trinajstić information content (AvgIpc) is 2.58. The molecule has 0 saturated heterocycles.